The van der Waals surface area contributed by atoms with Crippen molar-refractivity contribution in [1.82, 2.24) is 4.90 Å². The molecule has 0 saturated heterocycles. The Morgan fingerprint density at radius 3 is 2.44 bits per heavy atom. The second-order valence-corrected chi connectivity index (χ2v) is 6.32. The van der Waals surface area contributed by atoms with Gasteiger partial charge in [-0.15, -0.1) is 0 Å². The number of anilines is 1. The summed E-state index contributed by atoms with van der Waals surface area (Å²) >= 11 is 0. The van der Waals surface area contributed by atoms with Crippen LogP contribution in [0.15, 0.2) is 54.6 Å². The Bertz CT molecular complexity index is 656. The standard InChI is InChI=1S/C21H28N2O2/c1-4-23(16-18-10-6-5-7-11-18)15-14-21(24)22-19-12-8-9-13-20(19)25-17(2)3/h5-13,17H,4,14-16H2,1-3H3,(H,22,24). The fraction of sp³-hybridized carbons (Fsp3) is 0.381. The lowest BCUT2D eigenvalue weighted by molar-refractivity contribution is -0.116. The van der Waals surface area contributed by atoms with E-state index in [4.69, 9.17) is 4.74 Å². The van der Waals surface area contributed by atoms with Gasteiger partial charge in [0.1, 0.15) is 5.75 Å². The first-order valence-electron chi connectivity index (χ1n) is 8.90. The number of carbonyl (C=O) groups excluding carboxylic acids is 1. The average molecular weight is 340 g/mol. The molecule has 0 aromatic heterocycles. The molecule has 134 valence electrons. The van der Waals surface area contributed by atoms with Crippen LogP contribution < -0.4 is 10.1 Å². The Balaban J connectivity index is 1.87. The number of nitrogens with zero attached hydrogens (tertiary/aromatic N) is 1. The normalized spacial score (nSPS) is 10.9. The lowest BCUT2D eigenvalue weighted by Crippen LogP contribution is -2.27. The van der Waals surface area contributed by atoms with Crippen molar-refractivity contribution in [2.24, 2.45) is 0 Å². The molecule has 0 aliphatic carbocycles. The molecule has 0 spiro atoms. The summed E-state index contributed by atoms with van der Waals surface area (Å²) in [5.41, 5.74) is 1.99. The highest BCUT2D eigenvalue weighted by molar-refractivity contribution is 5.92. The first kappa shape index (κ1) is 19.0. The average Bonchev–Trinajstić information content (AvgIpc) is 2.60. The third-order valence-corrected chi connectivity index (χ3v) is 3.88. The van der Waals surface area contributed by atoms with Crippen LogP contribution in [0.25, 0.3) is 0 Å². The van der Waals surface area contributed by atoms with Crippen molar-refractivity contribution in [1.29, 1.82) is 0 Å². The summed E-state index contributed by atoms with van der Waals surface area (Å²) in [6, 6.07) is 17.9. The van der Waals surface area contributed by atoms with E-state index in [-0.39, 0.29) is 12.0 Å². The predicted molar refractivity (Wildman–Crippen MR) is 103 cm³/mol. The second kappa shape index (κ2) is 9.84. The van der Waals surface area contributed by atoms with Gasteiger partial charge in [0.2, 0.25) is 5.91 Å². The maximum absolute atomic E-state index is 12.3. The quantitative estimate of drug-likeness (QED) is 0.739. The predicted octanol–water partition coefficient (Wildman–Crippen LogP) is 4.32. The molecule has 0 aliphatic heterocycles. The van der Waals surface area contributed by atoms with Crippen LogP contribution in [0.1, 0.15) is 32.8 Å². The highest BCUT2D eigenvalue weighted by atomic mass is 16.5. The van der Waals surface area contributed by atoms with Gasteiger partial charge < -0.3 is 10.1 Å². The molecular weight excluding hydrogens is 312 g/mol. The first-order valence-corrected chi connectivity index (χ1v) is 8.90. The lowest BCUT2D eigenvalue weighted by Gasteiger charge is -2.20. The summed E-state index contributed by atoms with van der Waals surface area (Å²) in [7, 11) is 0. The number of hydrogen-bond donors (Lipinski definition) is 1. The molecule has 0 radical (unpaired) electrons. The van der Waals surface area contributed by atoms with Crippen molar-refractivity contribution < 1.29 is 9.53 Å². The zero-order chi connectivity index (χ0) is 18.1. The molecule has 2 aromatic carbocycles. The summed E-state index contributed by atoms with van der Waals surface area (Å²) in [5.74, 6) is 0.716. The molecule has 0 atom stereocenters. The Labute approximate surface area is 150 Å². The second-order valence-electron chi connectivity index (χ2n) is 6.32. The van der Waals surface area contributed by atoms with Gasteiger partial charge in [-0.05, 0) is 38.1 Å². The Hall–Kier alpha value is -2.33. The molecule has 4 nitrogen and oxygen atoms in total. The van der Waals surface area contributed by atoms with Crippen LogP contribution in [-0.2, 0) is 11.3 Å². The molecule has 0 fully saturated rings. The molecule has 1 amide bonds. The first-order chi connectivity index (χ1) is 12.1. The largest absolute Gasteiger partial charge is 0.489 e. The van der Waals surface area contributed by atoms with Crippen molar-refractivity contribution in [2.45, 2.75) is 39.8 Å². The van der Waals surface area contributed by atoms with E-state index in [1.807, 2.05) is 56.3 Å². The molecule has 0 heterocycles. The number of nitrogens with one attached hydrogen (secondary N) is 1. The highest BCUT2D eigenvalue weighted by Crippen LogP contribution is 2.25. The van der Waals surface area contributed by atoms with Crippen LogP contribution in [-0.4, -0.2) is 30.0 Å². The molecule has 0 saturated carbocycles. The molecule has 0 bridgehead atoms. The van der Waals surface area contributed by atoms with Gasteiger partial charge in [0.15, 0.2) is 0 Å². The fourth-order valence-corrected chi connectivity index (χ4v) is 2.59. The third-order valence-electron chi connectivity index (χ3n) is 3.88. The van der Waals surface area contributed by atoms with E-state index in [1.54, 1.807) is 0 Å². The molecule has 2 rings (SSSR count). The SMILES string of the molecule is CCN(CCC(=O)Nc1ccccc1OC(C)C)Cc1ccccc1. The number of hydrogen-bond acceptors (Lipinski definition) is 3. The van der Waals surface area contributed by atoms with Gasteiger partial charge in [0.05, 0.1) is 11.8 Å². The Morgan fingerprint density at radius 1 is 1.08 bits per heavy atom. The molecule has 4 heteroatoms. The zero-order valence-corrected chi connectivity index (χ0v) is 15.4. The van der Waals surface area contributed by atoms with E-state index < -0.39 is 0 Å². The number of ether oxygens (including phenoxy) is 1. The van der Waals surface area contributed by atoms with Crippen molar-refractivity contribution in [3.05, 3.63) is 60.2 Å². The molecule has 1 N–H and O–H groups in total. The van der Waals surface area contributed by atoms with Gasteiger partial charge in [0, 0.05) is 19.5 Å². The maximum Gasteiger partial charge on any atom is 0.225 e. The van der Waals surface area contributed by atoms with Gasteiger partial charge in [0.25, 0.3) is 0 Å². The number of benzene rings is 2. The number of carbonyl (C=O) groups is 1. The molecule has 0 aliphatic rings. The van der Waals surface area contributed by atoms with E-state index in [1.165, 1.54) is 5.56 Å². The summed E-state index contributed by atoms with van der Waals surface area (Å²) in [6.45, 7) is 8.56. The van der Waals surface area contributed by atoms with Crippen LogP contribution >= 0.6 is 0 Å². The minimum Gasteiger partial charge on any atom is -0.489 e. The number of para-hydroxylation sites is 2. The minimum absolute atomic E-state index is 0.00585. The van der Waals surface area contributed by atoms with E-state index >= 15 is 0 Å². The van der Waals surface area contributed by atoms with Crippen LogP contribution in [0.5, 0.6) is 5.75 Å². The van der Waals surface area contributed by atoms with Gasteiger partial charge in [-0.25, -0.2) is 0 Å². The summed E-state index contributed by atoms with van der Waals surface area (Å²) in [4.78, 5) is 14.6. The molecule has 0 unspecified atom stereocenters. The topological polar surface area (TPSA) is 41.6 Å². The summed E-state index contributed by atoms with van der Waals surface area (Å²) < 4.78 is 5.75. The fourth-order valence-electron chi connectivity index (χ4n) is 2.59. The van der Waals surface area contributed by atoms with Crippen LogP contribution in [0, 0.1) is 0 Å². The smallest absolute Gasteiger partial charge is 0.225 e. The van der Waals surface area contributed by atoms with E-state index in [0.29, 0.717) is 12.2 Å². The van der Waals surface area contributed by atoms with Crippen molar-refractivity contribution >= 4 is 11.6 Å². The van der Waals surface area contributed by atoms with Crippen molar-refractivity contribution in [3.63, 3.8) is 0 Å². The monoisotopic (exact) mass is 340 g/mol. The van der Waals surface area contributed by atoms with Gasteiger partial charge in [-0.3, -0.25) is 9.69 Å². The number of amides is 1. The van der Waals surface area contributed by atoms with Crippen molar-refractivity contribution in [2.75, 3.05) is 18.4 Å². The Morgan fingerprint density at radius 2 is 1.76 bits per heavy atom. The lowest BCUT2D eigenvalue weighted by atomic mass is 10.2. The van der Waals surface area contributed by atoms with E-state index in [2.05, 4.69) is 29.3 Å². The van der Waals surface area contributed by atoms with Crippen LogP contribution in [0.4, 0.5) is 5.69 Å². The number of rotatable bonds is 9. The summed E-state index contributed by atoms with van der Waals surface area (Å²) in [5, 5.41) is 2.97. The van der Waals surface area contributed by atoms with Gasteiger partial charge in [-0.2, -0.15) is 0 Å². The van der Waals surface area contributed by atoms with Crippen LogP contribution in [0.2, 0.25) is 0 Å². The maximum atomic E-state index is 12.3. The molecular formula is C21H28N2O2. The summed E-state index contributed by atoms with van der Waals surface area (Å²) in [6.07, 6.45) is 0.524. The van der Waals surface area contributed by atoms with Gasteiger partial charge >= 0.3 is 0 Å². The highest BCUT2D eigenvalue weighted by Gasteiger charge is 2.11. The van der Waals surface area contributed by atoms with Gasteiger partial charge in [-0.1, -0.05) is 49.4 Å². The molecule has 25 heavy (non-hydrogen) atoms. The van der Waals surface area contributed by atoms with Crippen LogP contribution in [0.3, 0.4) is 0 Å². The Kier molecular flexibility index (Phi) is 7.48. The molecule has 2 aromatic rings. The zero-order valence-electron chi connectivity index (χ0n) is 15.4. The third kappa shape index (κ3) is 6.59. The van der Waals surface area contributed by atoms with Crippen molar-refractivity contribution in [3.8, 4) is 5.75 Å². The minimum atomic E-state index is 0.00585. The van der Waals surface area contributed by atoms with E-state index in [9.17, 15) is 4.79 Å². The van der Waals surface area contributed by atoms with E-state index in [0.717, 1.165) is 25.3 Å².